The van der Waals surface area contributed by atoms with E-state index in [1.807, 2.05) is 0 Å². The van der Waals surface area contributed by atoms with Crippen molar-refractivity contribution in [3.63, 3.8) is 0 Å². The molecule has 17 nitrogen and oxygen atoms in total. The van der Waals surface area contributed by atoms with Crippen molar-refractivity contribution in [3.05, 3.63) is 0 Å². The van der Waals surface area contributed by atoms with Gasteiger partial charge >= 0.3 is 39.5 Å². The van der Waals surface area contributed by atoms with Crippen molar-refractivity contribution in [1.82, 2.24) is 0 Å². The molecule has 5 unspecified atom stereocenters. The third-order valence-corrected chi connectivity index (χ3v) is 17.4. The quantitative estimate of drug-likeness (QED) is 0.0222. The van der Waals surface area contributed by atoms with Gasteiger partial charge in [-0.2, -0.15) is 0 Å². The highest BCUT2D eigenvalue weighted by molar-refractivity contribution is 7.47. The summed E-state index contributed by atoms with van der Waals surface area (Å²) < 4.78 is 67.9. The van der Waals surface area contributed by atoms with E-state index in [-0.39, 0.29) is 25.7 Å². The maximum atomic E-state index is 13.0. The second-order valence-electron chi connectivity index (χ2n) is 23.5. The van der Waals surface area contributed by atoms with Gasteiger partial charge in [-0.05, 0) is 43.4 Å². The number of esters is 4. The molecule has 0 rings (SSSR count). The Morgan fingerprint density at radius 3 is 0.866 bits per heavy atom. The molecule has 0 saturated carbocycles. The van der Waals surface area contributed by atoms with Crippen LogP contribution in [-0.2, 0) is 65.4 Å². The first kappa shape index (κ1) is 80.1. The van der Waals surface area contributed by atoms with Crippen molar-refractivity contribution >= 4 is 39.5 Å². The summed E-state index contributed by atoms with van der Waals surface area (Å²) in [6.45, 7) is 11.7. The number of phosphoric ester groups is 2. The van der Waals surface area contributed by atoms with Gasteiger partial charge < -0.3 is 33.8 Å². The maximum Gasteiger partial charge on any atom is 0.472 e. The van der Waals surface area contributed by atoms with Crippen LogP contribution < -0.4 is 0 Å². The van der Waals surface area contributed by atoms with Gasteiger partial charge in [-0.25, -0.2) is 9.13 Å². The molecule has 0 saturated heterocycles. The van der Waals surface area contributed by atoms with Crippen LogP contribution in [0.5, 0.6) is 0 Å². The molecule has 82 heavy (non-hydrogen) atoms. The summed E-state index contributed by atoms with van der Waals surface area (Å²) in [5.74, 6) is 0.0415. The Morgan fingerprint density at radius 1 is 0.341 bits per heavy atom. The number of hydrogen-bond acceptors (Lipinski definition) is 15. The van der Waals surface area contributed by atoms with E-state index < -0.39 is 97.5 Å². The molecule has 3 N–H and O–H groups in total. The van der Waals surface area contributed by atoms with E-state index in [2.05, 4.69) is 48.5 Å². The van der Waals surface area contributed by atoms with Crippen LogP contribution in [0.25, 0.3) is 0 Å². The Labute approximate surface area is 498 Å². The van der Waals surface area contributed by atoms with E-state index >= 15 is 0 Å². The lowest BCUT2D eigenvalue weighted by Gasteiger charge is -2.21. The van der Waals surface area contributed by atoms with Crippen LogP contribution >= 0.6 is 15.6 Å². The Balaban J connectivity index is 5.27. The van der Waals surface area contributed by atoms with Gasteiger partial charge in [0.1, 0.15) is 19.3 Å². The van der Waals surface area contributed by atoms with Crippen molar-refractivity contribution < 1.29 is 80.2 Å². The summed E-state index contributed by atoms with van der Waals surface area (Å²) in [6, 6.07) is 0. The van der Waals surface area contributed by atoms with Gasteiger partial charge in [0.15, 0.2) is 12.2 Å². The number of unbranched alkanes of at least 4 members (excludes halogenated alkanes) is 26. The molecule has 0 aliphatic carbocycles. The van der Waals surface area contributed by atoms with Crippen molar-refractivity contribution in [1.29, 1.82) is 0 Å². The highest BCUT2D eigenvalue weighted by Gasteiger charge is 2.30. The van der Waals surface area contributed by atoms with E-state index in [0.29, 0.717) is 25.7 Å². The lowest BCUT2D eigenvalue weighted by Crippen LogP contribution is -2.30. The van der Waals surface area contributed by atoms with Gasteiger partial charge in [0, 0.05) is 25.7 Å². The molecule has 19 heteroatoms. The molecule has 0 amide bonds. The van der Waals surface area contributed by atoms with Crippen molar-refractivity contribution in [2.24, 2.45) is 17.8 Å². The molecular weight excluding hydrogens is 1090 g/mol. The van der Waals surface area contributed by atoms with Gasteiger partial charge in [-0.1, -0.05) is 254 Å². The molecule has 0 radical (unpaired) electrons. The number of hydrogen-bond donors (Lipinski definition) is 3. The molecule has 0 aliphatic heterocycles. The Bertz CT molecular complexity index is 1640. The van der Waals surface area contributed by atoms with Gasteiger partial charge in [-0.15, -0.1) is 0 Å². The minimum atomic E-state index is -4.94. The Hall–Kier alpha value is -1.94. The smallest absolute Gasteiger partial charge is 0.462 e. The fourth-order valence-corrected chi connectivity index (χ4v) is 10.8. The van der Waals surface area contributed by atoms with Gasteiger partial charge in [0.05, 0.1) is 26.4 Å². The first-order chi connectivity index (χ1) is 39.3. The number of aliphatic hydroxyl groups is 1. The number of ether oxygens (including phenoxy) is 4. The number of aliphatic hydroxyl groups excluding tert-OH is 1. The summed E-state index contributed by atoms with van der Waals surface area (Å²) in [6.07, 6.45) is 34.9. The van der Waals surface area contributed by atoms with E-state index in [0.717, 1.165) is 120 Å². The number of rotatable bonds is 61. The normalized spacial score (nSPS) is 15.4. The van der Waals surface area contributed by atoms with Crippen LogP contribution in [0.2, 0.25) is 0 Å². The van der Waals surface area contributed by atoms with Crippen LogP contribution in [0.3, 0.4) is 0 Å². The molecule has 0 bridgehead atoms. The average molecular weight is 1210 g/mol. The molecule has 0 aliphatic rings. The van der Waals surface area contributed by atoms with Gasteiger partial charge in [-0.3, -0.25) is 37.3 Å². The van der Waals surface area contributed by atoms with Crippen LogP contribution in [0, 0.1) is 17.8 Å². The molecular formula is C63H122O17P2. The third kappa shape index (κ3) is 53.5. The zero-order valence-corrected chi connectivity index (χ0v) is 54.7. The largest absolute Gasteiger partial charge is 0.472 e. The predicted octanol–water partition coefficient (Wildman–Crippen LogP) is 17.1. The standard InChI is InChI=1S/C63H122O17P2/c1-8-12-13-14-15-16-17-18-19-20-32-39-46-62(67)79-58(50-73-60(65)44-37-30-24-21-27-34-41-54(5)9-2)52-77-81(69,70)75-48-57(64)49-76-82(71,72)78-53-59(80-63(68)47-40-33-26-23-29-36-43-56(7)11-4)51-74-61(66)45-38-31-25-22-28-35-42-55(6)10-3/h54-59,64H,8-53H2,1-7H3,(H,69,70)(H,71,72)/t54?,55?,56?,57-,58-,59-/m1/s1. The summed E-state index contributed by atoms with van der Waals surface area (Å²) >= 11 is 0. The zero-order valence-electron chi connectivity index (χ0n) is 52.9. The Kier molecular flexibility index (Phi) is 53.2. The zero-order chi connectivity index (χ0) is 61.0. The highest BCUT2D eigenvalue weighted by atomic mass is 31.2. The molecule has 0 heterocycles. The summed E-state index contributed by atoms with van der Waals surface area (Å²) in [5.41, 5.74) is 0. The van der Waals surface area contributed by atoms with Crippen LogP contribution in [0.15, 0.2) is 0 Å². The van der Waals surface area contributed by atoms with E-state index in [1.165, 1.54) is 103 Å². The van der Waals surface area contributed by atoms with Gasteiger partial charge in [0.2, 0.25) is 0 Å². The summed E-state index contributed by atoms with van der Waals surface area (Å²) in [7, 11) is -9.89. The first-order valence-corrected chi connectivity index (χ1v) is 36.0. The SMILES string of the molecule is CCCCCCCCCCCCCCC(=O)O[C@H](COC(=O)CCCCCCCCC(C)CC)COP(=O)(O)OC[C@@H](O)COP(=O)(O)OC[C@@H](COC(=O)CCCCCCCCC(C)CC)OC(=O)CCCCCCCCC(C)CC. The average Bonchev–Trinajstić information content (AvgIpc) is 3.46. The maximum absolute atomic E-state index is 13.0. The molecule has 486 valence electrons. The second kappa shape index (κ2) is 54.5. The summed E-state index contributed by atoms with van der Waals surface area (Å²) in [5, 5.41) is 10.5. The van der Waals surface area contributed by atoms with Crippen LogP contribution in [0.4, 0.5) is 0 Å². The van der Waals surface area contributed by atoms with Crippen molar-refractivity contribution in [3.8, 4) is 0 Å². The second-order valence-corrected chi connectivity index (χ2v) is 26.4. The predicted molar refractivity (Wildman–Crippen MR) is 326 cm³/mol. The van der Waals surface area contributed by atoms with E-state index in [1.54, 1.807) is 0 Å². The summed E-state index contributed by atoms with van der Waals surface area (Å²) in [4.78, 5) is 72.2. The van der Waals surface area contributed by atoms with Crippen LogP contribution in [0.1, 0.15) is 305 Å². The molecule has 0 aromatic heterocycles. The molecule has 0 fully saturated rings. The van der Waals surface area contributed by atoms with Crippen LogP contribution in [-0.4, -0.2) is 96.7 Å². The van der Waals surface area contributed by atoms with Crippen molar-refractivity contribution in [2.75, 3.05) is 39.6 Å². The lowest BCUT2D eigenvalue weighted by atomic mass is 10.00. The fraction of sp³-hybridized carbons (Fsp3) is 0.937. The minimum Gasteiger partial charge on any atom is -0.462 e. The van der Waals surface area contributed by atoms with E-state index in [9.17, 15) is 43.2 Å². The number of carbonyl (C=O) groups excluding carboxylic acids is 4. The highest BCUT2D eigenvalue weighted by Crippen LogP contribution is 2.45. The number of phosphoric acid groups is 2. The molecule has 0 aromatic rings. The van der Waals surface area contributed by atoms with Crippen molar-refractivity contribution in [2.45, 2.75) is 324 Å². The minimum absolute atomic E-state index is 0.102. The molecule has 8 atom stereocenters. The van der Waals surface area contributed by atoms with Gasteiger partial charge in [0.25, 0.3) is 0 Å². The monoisotopic (exact) mass is 1210 g/mol. The molecule has 0 spiro atoms. The fourth-order valence-electron chi connectivity index (χ4n) is 9.21. The molecule has 0 aromatic carbocycles. The topological polar surface area (TPSA) is 237 Å². The number of carbonyl (C=O) groups is 4. The van der Waals surface area contributed by atoms with E-state index in [4.69, 9.17) is 37.0 Å². The first-order valence-electron chi connectivity index (χ1n) is 33.0. The third-order valence-electron chi connectivity index (χ3n) is 15.5. The lowest BCUT2D eigenvalue weighted by molar-refractivity contribution is -0.161. The Morgan fingerprint density at radius 2 is 0.585 bits per heavy atom.